The van der Waals surface area contributed by atoms with Gasteiger partial charge in [0.2, 0.25) is 0 Å². The molecule has 0 bridgehead atoms. The average Bonchev–Trinajstić information content (AvgIpc) is 2.57. The molecule has 1 fully saturated rings. The fraction of sp³-hybridized carbons (Fsp3) is 0.625. The van der Waals surface area contributed by atoms with Crippen LogP contribution in [-0.2, 0) is 6.54 Å². The minimum absolute atomic E-state index is 0.100. The van der Waals surface area contributed by atoms with Crippen molar-refractivity contribution in [2.75, 3.05) is 38.1 Å². The molecule has 20 heavy (non-hydrogen) atoms. The maximum absolute atomic E-state index is 14.4. The van der Waals surface area contributed by atoms with Crippen LogP contribution in [0.3, 0.4) is 0 Å². The highest BCUT2D eigenvalue weighted by atomic mass is 19.1. The Morgan fingerprint density at radius 1 is 1.35 bits per heavy atom. The topological polar surface area (TPSA) is 18.5 Å². The van der Waals surface area contributed by atoms with Crippen LogP contribution in [-0.4, -0.2) is 44.2 Å². The predicted octanol–water partition coefficient (Wildman–Crippen LogP) is 2.47. The van der Waals surface area contributed by atoms with E-state index < -0.39 is 0 Å². The third-order valence-electron chi connectivity index (χ3n) is 3.95. The highest BCUT2D eigenvalue weighted by molar-refractivity contribution is 5.50. The molecule has 1 saturated heterocycles. The van der Waals surface area contributed by atoms with Crippen molar-refractivity contribution in [1.29, 1.82) is 0 Å². The maximum Gasteiger partial charge on any atom is 0.146 e. The monoisotopic (exact) mass is 279 g/mol. The first kappa shape index (κ1) is 15.3. The van der Waals surface area contributed by atoms with Gasteiger partial charge in [0, 0.05) is 25.7 Å². The minimum Gasteiger partial charge on any atom is -0.365 e. The van der Waals surface area contributed by atoms with Gasteiger partial charge in [-0.3, -0.25) is 0 Å². The Kier molecular flexibility index (Phi) is 5.38. The van der Waals surface area contributed by atoms with Gasteiger partial charge in [-0.2, -0.15) is 0 Å². The van der Waals surface area contributed by atoms with Crippen molar-refractivity contribution in [3.8, 4) is 0 Å². The Hall–Kier alpha value is -1.13. The van der Waals surface area contributed by atoms with Gasteiger partial charge in [-0.15, -0.1) is 0 Å². The molecule has 3 nitrogen and oxygen atoms in total. The van der Waals surface area contributed by atoms with Crippen molar-refractivity contribution in [2.24, 2.45) is 0 Å². The molecule has 0 aliphatic carbocycles. The molecule has 1 unspecified atom stereocenters. The van der Waals surface area contributed by atoms with Gasteiger partial charge < -0.3 is 15.1 Å². The first-order chi connectivity index (χ1) is 9.61. The summed E-state index contributed by atoms with van der Waals surface area (Å²) in [4.78, 5) is 4.53. The second-order valence-corrected chi connectivity index (χ2v) is 5.72. The fourth-order valence-electron chi connectivity index (χ4n) is 2.89. The number of nitrogens with one attached hydrogen (secondary N) is 1. The van der Waals surface area contributed by atoms with Crippen molar-refractivity contribution in [3.05, 3.63) is 29.6 Å². The van der Waals surface area contributed by atoms with Gasteiger partial charge in [-0.25, -0.2) is 4.39 Å². The Morgan fingerprint density at radius 3 is 2.85 bits per heavy atom. The van der Waals surface area contributed by atoms with Crippen LogP contribution in [0, 0.1) is 5.82 Å². The molecule has 2 rings (SSSR count). The Balaban J connectivity index is 2.14. The van der Waals surface area contributed by atoms with Gasteiger partial charge in [-0.1, -0.05) is 13.0 Å². The van der Waals surface area contributed by atoms with Gasteiger partial charge in [0.15, 0.2) is 0 Å². The summed E-state index contributed by atoms with van der Waals surface area (Å²) in [5, 5.41) is 3.23. The van der Waals surface area contributed by atoms with Crippen LogP contribution >= 0.6 is 0 Å². The molecule has 0 radical (unpaired) electrons. The lowest BCUT2D eigenvalue weighted by atomic mass is 10.1. The van der Waals surface area contributed by atoms with E-state index in [-0.39, 0.29) is 5.82 Å². The average molecular weight is 279 g/mol. The zero-order valence-electron chi connectivity index (χ0n) is 12.8. The van der Waals surface area contributed by atoms with Crippen LogP contribution < -0.4 is 10.2 Å². The van der Waals surface area contributed by atoms with Gasteiger partial charge in [0.05, 0.1) is 5.69 Å². The highest BCUT2D eigenvalue weighted by Crippen LogP contribution is 2.24. The Labute approximate surface area is 121 Å². The predicted molar refractivity (Wildman–Crippen MR) is 82.7 cm³/mol. The highest BCUT2D eigenvalue weighted by Gasteiger charge is 2.22. The van der Waals surface area contributed by atoms with E-state index in [4.69, 9.17) is 0 Å². The largest absolute Gasteiger partial charge is 0.365 e. The molecule has 1 heterocycles. The summed E-state index contributed by atoms with van der Waals surface area (Å²) in [6.07, 6.45) is 1.08. The number of anilines is 1. The zero-order valence-corrected chi connectivity index (χ0v) is 12.8. The number of likely N-dealkylation sites (N-methyl/N-ethyl adjacent to an activating group) is 1. The van der Waals surface area contributed by atoms with Gasteiger partial charge >= 0.3 is 0 Å². The standard InChI is InChI=1S/C16H26FN3/c1-4-18-11-14-6-7-16(15(17)10-14)20-9-5-8-19(3)12-13(20)2/h6-7,10,13,18H,4-5,8-9,11-12H2,1-3H3. The molecule has 0 aromatic heterocycles. The van der Waals surface area contributed by atoms with E-state index in [2.05, 4.69) is 36.0 Å². The van der Waals surface area contributed by atoms with Crippen molar-refractivity contribution < 1.29 is 4.39 Å². The van der Waals surface area contributed by atoms with Crippen LogP contribution in [0.25, 0.3) is 0 Å². The third-order valence-corrected chi connectivity index (χ3v) is 3.95. The van der Waals surface area contributed by atoms with E-state index in [0.717, 1.165) is 50.4 Å². The molecule has 0 saturated carbocycles. The Morgan fingerprint density at radius 2 is 2.15 bits per heavy atom. The lowest BCUT2D eigenvalue weighted by Crippen LogP contribution is -2.38. The molecule has 1 aromatic carbocycles. The van der Waals surface area contributed by atoms with E-state index in [9.17, 15) is 4.39 Å². The summed E-state index contributed by atoms with van der Waals surface area (Å²) in [7, 11) is 2.13. The molecule has 0 amide bonds. The molecule has 1 aromatic rings. The summed E-state index contributed by atoms with van der Waals surface area (Å²) in [6, 6.07) is 5.97. The lowest BCUT2D eigenvalue weighted by molar-refractivity contribution is 0.337. The van der Waals surface area contributed by atoms with Crippen LogP contribution in [0.5, 0.6) is 0 Å². The molecule has 1 aliphatic heterocycles. The molecule has 1 N–H and O–H groups in total. The van der Waals surface area contributed by atoms with Crippen molar-refractivity contribution >= 4 is 5.69 Å². The van der Waals surface area contributed by atoms with Crippen molar-refractivity contribution in [2.45, 2.75) is 32.9 Å². The number of halogens is 1. The van der Waals surface area contributed by atoms with Gasteiger partial charge in [-0.05, 0) is 51.2 Å². The van der Waals surface area contributed by atoms with Crippen LogP contribution in [0.4, 0.5) is 10.1 Å². The SMILES string of the molecule is CCNCc1ccc(N2CCCN(C)CC2C)c(F)c1. The van der Waals surface area contributed by atoms with E-state index in [1.165, 1.54) is 0 Å². The quantitative estimate of drug-likeness (QED) is 0.913. The number of hydrogen-bond acceptors (Lipinski definition) is 3. The molecule has 0 spiro atoms. The van der Waals surface area contributed by atoms with Crippen LogP contribution in [0.1, 0.15) is 25.8 Å². The fourth-order valence-corrected chi connectivity index (χ4v) is 2.89. The van der Waals surface area contributed by atoms with E-state index in [1.54, 1.807) is 6.07 Å². The van der Waals surface area contributed by atoms with Gasteiger partial charge in [0.25, 0.3) is 0 Å². The second-order valence-electron chi connectivity index (χ2n) is 5.72. The number of hydrogen-bond donors (Lipinski definition) is 1. The van der Waals surface area contributed by atoms with Crippen molar-refractivity contribution in [3.63, 3.8) is 0 Å². The summed E-state index contributed by atoms with van der Waals surface area (Å²) < 4.78 is 14.4. The molecule has 1 aliphatic rings. The van der Waals surface area contributed by atoms with Crippen LogP contribution in [0.15, 0.2) is 18.2 Å². The number of nitrogens with zero attached hydrogens (tertiary/aromatic N) is 2. The number of benzene rings is 1. The molecular weight excluding hydrogens is 253 g/mol. The smallest absolute Gasteiger partial charge is 0.146 e. The number of rotatable bonds is 4. The summed E-state index contributed by atoms with van der Waals surface area (Å²) in [5.74, 6) is -0.100. The molecule has 4 heteroatoms. The molecular formula is C16H26FN3. The van der Waals surface area contributed by atoms with Gasteiger partial charge in [0.1, 0.15) is 5.82 Å². The minimum atomic E-state index is -0.100. The summed E-state index contributed by atoms with van der Waals surface area (Å²) in [5.41, 5.74) is 1.75. The maximum atomic E-state index is 14.4. The normalized spacial score (nSPS) is 21.0. The first-order valence-electron chi connectivity index (χ1n) is 7.56. The van der Waals surface area contributed by atoms with Crippen molar-refractivity contribution in [1.82, 2.24) is 10.2 Å². The third kappa shape index (κ3) is 3.70. The van der Waals surface area contributed by atoms with E-state index in [1.807, 2.05) is 12.1 Å². The van der Waals surface area contributed by atoms with E-state index >= 15 is 0 Å². The molecule has 112 valence electrons. The molecule has 1 atom stereocenters. The Bertz CT molecular complexity index is 436. The zero-order chi connectivity index (χ0) is 14.5. The summed E-state index contributed by atoms with van der Waals surface area (Å²) in [6.45, 7) is 8.85. The van der Waals surface area contributed by atoms with E-state index in [0.29, 0.717) is 6.04 Å². The van der Waals surface area contributed by atoms with Crippen LogP contribution in [0.2, 0.25) is 0 Å². The summed E-state index contributed by atoms with van der Waals surface area (Å²) >= 11 is 0. The lowest BCUT2D eigenvalue weighted by Gasteiger charge is -2.30. The second kappa shape index (κ2) is 7.04. The first-order valence-corrected chi connectivity index (χ1v) is 7.56.